The summed E-state index contributed by atoms with van der Waals surface area (Å²) in [7, 11) is 3.30. The van der Waals surface area contributed by atoms with Crippen LogP contribution in [0.3, 0.4) is 0 Å². The van der Waals surface area contributed by atoms with Crippen LogP contribution in [0.25, 0.3) is 5.69 Å². The van der Waals surface area contributed by atoms with Gasteiger partial charge in [0.1, 0.15) is 11.6 Å². The third-order valence-corrected chi connectivity index (χ3v) is 4.84. The third kappa shape index (κ3) is 3.86. The minimum absolute atomic E-state index is 0.0100. The number of rotatable bonds is 6. The molecule has 0 radical (unpaired) electrons. The Kier molecular flexibility index (Phi) is 5.53. The van der Waals surface area contributed by atoms with Gasteiger partial charge in [0.05, 0.1) is 25.3 Å². The van der Waals surface area contributed by atoms with Crippen LogP contribution in [0, 0.1) is 0 Å². The first-order valence-electron chi connectivity index (χ1n) is 8.68. The van der Waals surface area contributed by atoms with Gasteiger partial charge in [-0.2, -0.15) is 5.10 Å². The fraction of sp³-hybridized carbons (Fsp3) is 0.500. The van der Waals surface area contributed by atoms with Crippen LogP contribution in [0.5, 0.6) is 5.75 Å². The van der Waals surface area contributed by atoms with E-state index < -0.39 is 5.91 Å². The fourth-order valence-electron chi connectivity index (χ4n) is 3.44. The molecular formula is C18H25N5O3. The van der Waals surface area contributed by atoms with Crippen molar-refractivity contribution in [2.24, 2.45) is 11.5 Å². The molecular weight excluding hydrogens is 334 g/mol. The minimum Gasteiger partial charge on any atom is -0.497 e. The lowest BCUT2D eigenvalue weighted by Crippen LogP contribution is -2.41. The number of hydrogen-bond donors (Lipinski definition) is 2. The summed E-state index contributed by atoms with van der Waals surface area (Å²) in [5, 5.41) is 4.51. The number of aromatic nitrogens is 3. The van der Waals surface area contributed by atoms with Crippen LogP contribution in [0.4, 0.5) is 0 Å². The van der Waals surface area contributed by atoms with E-state index in [1.165, 1.54) is 0 Å². The molecule has 1 aliphatic rings. The molecule has 140 valence electrons. The normalized spacial score (nSPS) is 23.0. The molecule has 2 aromatic rings. The number of methoxy groups -OCH3 is 2. The summed E-state index contributed by atoms with van der Waals surface area (Å²) in [4.78, 5) is 15.9. The highest BCUT2D eigenvalue weighted by Crippen LogP contribution is 2.34. The molecule has 26 heavy (non-hydrogen) atoms. The van der Waals surface area contributed by atoms with Crippen molar-refractivity contribution in [2.45, 2.75) is 43.7 Å². The lowest BCUT2D eigenvalue weighted by atomic mass is 9.83. The summed E-state index contributed by atoms with van der Waals surface area (Å²) >= 11 is 0. The molecule has 4 N–H and O–H groups in total. The molecule has 1 fully saturated rings. The molecule has 0 aliphatic heterocycles. The van der Waals surface area contributed by atoms with Gasteiger partial charge in [0.2, 0.25) is 5.91 Å². The van der Waals surface area contributed by atoms with E-state index in [0.29, 0.717) is 5.82 Å². The number of primary amides is 1. The molecule has 8 heteroatoms. The van der Waals surface area contributed by atoms with Crippen molar-refractivity contribution in [1.82, 2.24) is 14.8 Å². The maximum absolute atomic E-state index is 11.3. The molecule has 1 aromatic carbocycles. The number of benzene rings is 1. The van der Waals surface area contributed by atoms with Crippen LogP contribution in [-0.2, 0) is 16.0 Å². The van der Waals surface area contributed by atoms with Gasteiger partial charge in [-0.1, -0.05) is 0 Å². The standard InChI is InChI=1S/C18H25N5O3/c1-25-13-6-4-12(5-7-13)23-18(21-17(22-23)10-16(20)24)11-3-8-14(19)15(9-11)26-2/h4-7,11,14-15H,3,8-10,19H2,1-2H3,(H2,20,24)/t11-,14-,15-/m0/s1. The van der Waals surface area contributed by atoms with Gasteiger partial charge in [-0.25, -0.2) is 9.67 Å². The second kappa shape index (κ2) is 7.84. The van der Waals surface area contributed by atoms with E-state index >= 15 is 0 Å². The predicted molar refractivity (Wildman–Crippen MR) is 96.2 cm³/mol. The van der Waals surface area contributed by atoms with Crippen molar-refractivity contribution in [3.05, 3.63) is 35.9 Å². The number of amides is 1. The maximum Gasteiger partial charge on any atom is 0.225 e. The maximum atomic E-state index is 11.3. The number of nitrogens with two attached hydrogens (primary N) is 2. The van der Waals surface area contributed by atoms with E-state index in [4.69, 9.17) is 20.9 Å². The van der Waals surface area contributed by atoms with Crippen LogP contribution in [0.15, 0.2) is 24.3 Å². The summed E-state index contributed by atoms with van der Waals surface area (Å²) in [6, 6.07) is 7.58. The van der Waals surface area contributed by atoms with Gasteiger partial charge < -0.3 is 20.9 Å². The van der Waals surface area contributed by atoms with Crippen molar-refractivity contribution >= 4 is 5.91 Å². The molecule has 1 amide bonds. The highest BCUT2D eigenvalue weighted by molar-refractivity contribution is 5.75. The molecule has 0 unspecified atom stereocenters. The first-order valence-corrected chi connectivity index (χ1v) is 8.68. The second-order valence-electron chi connectivity index (χ2n) is 6.59. The number of ether oxygens (including phenoxy) is 2. The van der Waals surface area contributed by atoms with Gasteiger partial charge >= 0.3 is 0 Å². The minimum atomic E-state index is -0.455. The Balaban J connectivity index is 1.96. The Labute approximate surface area is 152 Å². The first kappa shape index (κ1) is 18.3. The number of carbonyl (C=O) groups is 1. The molecule has 0 spiro atoms. The molecule has 3 rings (SSSR count). The average Bonchev–Trinajstić information content (AvgIpc) is 3.05. The van der Waals surface area contributed by atoms with Crippen molar-refractivity contribution in [2.75, 3.05) is 14.2 Å². The lowest BCUT2D eigenvalue weighted by Gasteiger charge is -2.32. The lowest BCUT2D eigenvalue weighted by molar-refractivity contribution is -0.117. The van der Waals surface area contributed by atoms with Gasteiger partial charge in [0, 0.05) is 19.1 Å². The van der Waals surface area contributed by atoms with Gasteiger partial charge in [0.25, 0.3) is 0 Å². The fourth-order valence-corrected chi connectivity index (χ4v) is 3.44. The van der Waals surface area contributed by atoms with Crippen LogP contribution >= 0.6 is 0 Å². The van der Waals surface area contributed by atoms with E-state index in [1.54, 1.807) is 18.9 Å². The van der Waals surface area contributed by atoms with E-state index in [9.17, 15) is 4.79 Å². The Hall–Kier alpha value is -2.45. The summed E-state index contributed by atoms with van der Waals surface area (Å²) in [5.41, 5.74) is 12.3. The van der Waals surface area contributed by atoms with Gasteiger partial charge in [-0.05, 0) is 43.5 Å². The number of hydrogen-bond acceptors (Lipinski definition) is 6. The van der Waals surface area contributed by atoms with E-state index in [0.717, 1.165) is 36.5 Å². The topological polar surface area (TPSA) is 118 Å². The molecule has 1 aliphatic carbocycles. The molecule has 0 saturated heterocycles. The molecule has 1 heterocycles. The zero-order valence-corrected chi connectivity index (χ0v) is 15.1. The van der Waals surface area contributed by atoms with E-state index in [-0.39, 0.29) is 24.5 Å². The smallest absolute Gasteiger partial charge is 0.225 e. The van der Waals surface area contributed by atoms with Crippen molar-refractivity contribution in [3.63, 3.8) is 0 Å². The van der Waals surface area contributed by atoms with Crippen molar-refractivity contribution in [1.29, 1.82) is 0 Å². The number of carbonyl (C=O) groups excluding carboxylic acids is 1. The Morgan fingerprint density at radius 1 is 1.27 bits per heavy atom. The summed E-state index contributed by atoms with van der Waals surface area (Å²) in [5.74, 6) is 1.68. The summed E-state index contributed by atoms with van der Waals surface area (Å²) in [6.07, 6.45) is 2.50. The monoisotopic (exact) mass is 359 g/mol. The molecule has 8 nitrogen and oxygen atoms in total. The van der Waals surface area contributed by atoms with Gasteiger partial charge in [-0.3, -0.25) is 4.79 Å². The molecule has 0 bridgehead atoms. The molecule has 1 saturated carbocycles. The van der Waals surface area contributed by atoms with Crippen LogP contribution in [0.2, 0.25) is 0 Å². The summed E-state index contributed by atoms with van der Waals surface area (Å²) < 4.78 is 12.5. The van der Waals surface area contributed by atoms with Crippen molar-refractivity contribution in [3.8, 4) is 11.4 Å². The molecule has 1 aromatic heterocycles. The SMILES string of the molecule is COc1ccc(-n2nc(CC(N)=O)nc2[C@H]2CC[C@H](N)[C@@H](OC)C2)cc1. The zero-order valence-electron chi connectivity index (χ0n) is 15.1. The highest BCUT2D eigenvalue weighted by Gasteiger charge is 2.32. The van der Waals surface area contributed by atoms with Crippen molar-refractivity contribution < 1.29 is 14.3 Å². The van der Waals surface area contributed by atoms with E-state index in [2.05, 4.69) is 10.1 Å². The predicted octanol–water partition coefficient (Wildman–Crippen LogP) is 0.914. The number of nitrogens with zero attached hydrogens (tertiary/aromatic N) is 3. The average molecular weight is 359 g/mol. The highest BCUT2D eigenvalue weighted by atomic mass is 16.5. The Morgan fingerprint density at radius 3 is 2.62 bits per heavy atom. The van der Waals surface area contributed by atoms with Gasteiger partial charge in [-0.15, -0.1) is 0 Å². The second-order valence-corrected chi connectivity index (χ2v) is 6.59. The van der Waals surface area contributed by atoms with Crippen LogP contribution < -0.4 is 16.2 Å². The molecule has 3 atom stereocenters. The van der Waals surface area contributed by atoms with Gasteiger partial charge in [0.15, 0.2) is 5.82 Å². The zero-order chi connectivity index (χ0) is 18.7. The quantitative estimate of drug-likeness (QED) is 0.791. The Morgan fingerprint density at radius 2 is 2.00 bits per heavy atom. The van der Waals surface area contributed by atoms with E-state index in [1.807, 2.05) is 24.3 Å². The summed E-state index contributed by atoms with van der Waals surface area (Å²) in [6.45, 7) is 0. The first-order chi connectivity index (χ1) is 12.5. The Bertz CT molecular complexity index is 759. The largest absolute Gasteiger partial charge is 0.497 e. The third-order valence-electron chi connectivity index (χ3n) is 4.84. The van der Waals surface area contributed by atoms with Crippen LogP contribution in [0.1, 0.15) is 36.8 Å². The van der Waals surface area contributed by atoms with Crippen LogP contribution in [-0.4, -0.2) is 47.0 Å².